The molecule has 0 aromatic heterocycles. The number of rotatable bonds is 5. The number of carboxylic acids is 1. The molecule has 0 spiro atoms. The molecule has 0 radical (unpaired) electrons. The predicted octanol–water partition coefficient (Wildman–Crippen LogP) is 5.03. The zero-order valence-corrected chi connectivity index (χ0v) is 14.7. The summed E-state index contributed by atoms with van der Waals surface area (Å²) in [7, 11) is 0. The van der Waals surface area contributed by atoms with Gasteiger partial charge >= 0.3 is 5.97 Å². The summed E-state index contributed by atoms with van der Waals surface area (Å²) in [5, 5.41) is 10.5. The average molecular weight is 364 g/mol. The van der Waals surface area contributed by atoms with Crippen molar-refractivity contribution in [2.45, 2.75) is 25.4 Å². The first-order valence-electron chi connectivity index (χ1n) is 8.00. The van der Waals surface area contributed by atoms with Crippen molar-refractivity contribution in [2.24, 2.45) is 5.92 Å². The third-order valence-electron chi connectivity index (χ3n) is 4.59. The molecule has 1 N–H and O–H groups in total. The number of hydrogen-bond donors (Lipinski definition) is 1. The number of halogens is 2. The van der Waals surface area contributed by atoms with Crippen LogP contribution in [0.15, 0.2) is 48.5 Å². The molecule has 2 aromatic rings. The summed E-state index contributed by atoms with van der Waals surface area (Å²) in [6, 6.07) is 15.5. The smallest absolute Gasteiger partial charge is 0.303 e. The van der Waals surface area contributed by atoms with E-state index < -0.39 is 5.97 Å². The molecule has 5 heteroatoms. The molecule has 2 atom stereocenters. The quantitative estimate of drug-likeness (QED) is 0.809. The van der Waals surface area contributed by atoms with Gasteiger partial charge in [0.05, 0.1) is 6.42 Å². The highest BCUT2D eigenvalue weighted by Gasteiger charge is 2.38. The van der Waals surface area contributed by atoms with Crippen LogP contribution in [0, 0.1) is 5.92 Å². The molecule has 1 aliphatic heterocycles. The minimum atomic E-state index is -0.783. The Balaban J connectivity index is 1.94. The van der Waals surface area contributed by atoms with Crippen molar-refractivity contribution in [1.82, 2.24) is 4.90 Å². The minimum absolute atomic E-state index is 0.00334. The Kier molecular flexibility index (Phi) is 5.44. The van der Waals surface area contributed by atoms with Crippen LogP contribution < -0.4 is 0 Å². The van der Waals surface area contributed by atoms with E-state index >= 15 is 0 Å². The fourth-order valence-electron chi connectivity index (χ4n) is 3.57. The second-order valence-corrected chi connectivity index (χ2v) is 7.00. The van der Waals surface area contributed by atoms with Crippen LogP contribution in [0.1, 0.15) is 30.0 Å². The molecular formula is C19H19Cl2NO2. The number of aliphatic carboxylic acids is 1. The number of carboxylic acid groups (broad SMARTS) is 1. The number of hydrogen-bond acceptors (Lipinski definition) is 2. The van der Waals surface area contributed by atoms with Crippen LogP contribution in [0.2, 0.25) is 10.0 Å². The lowest BCUT2D eigenvalue weighted by Crippen LogP contribution is -2.26. The molecule has 126 valence electrons. The van der Waals surface area contributed by atoms with E-state index in [4.69, 9.17) is 23.2 Å². The van der Waals surface area contributed by atoms with Gasteiger partial charge < -0.3 is 5.11 Å². The first-order chi connectivity index (χ1) is 11.6. The van der Waals surface area contributed by atoms with Crippen LogP contribution in [0.5, 0.6) is 0 Å². The van der Waals surface area contributed by atoms with Crippen molar-refractivity contribution in [2.75, 3.05) is 6.54 Å². The molecule has 3 rings (SSSR count). The fraction of sp³-hybridized carbons (Fsp3) is 0.316. The van der Waals surface area contributed by atoms with Gasteiger partial charge in [-0.2, -0.15) is 0 Å². The van der Waals surface area contributed by atoms with Crippen LogP contribution in [0.3, 0.4) is 0 Å². The van der Waals surface area contributed by atoms with Gasteiger partial charge in [-0.05, 0) is 36.6 Å². The van der Waals surface area contributed by atoms with Crippen LogP contribution in [-0.4, -0.2) is 22.5 Å². The number of nitrogens with zero attached hydrogens (tertiary/aromatic N) is 1. The molecule has 0 bridgehead atoms. The molecule has 1 saturated heterocycles. The standard InChI is InChI=1S/C19H19Cl2NO2/c20-15-7-4-8-16(21)18(15)19-14(11-17(23)24)9-10-22(19)12-13-5-2-1-3-6-13/h1-8,14,19H,9-12H2,(H,23,24). The zero-order valence-electron chi connectivity index (χ0n) is 13.2. The maximum Gasteiger partial charge on any atom is 0.303 e. The highest BCUT2D eigenvalue weighted by Crippen LogP contribution is 2.45. The average Bonchev–Trinajstić information content (AvgIpc) is 2.90. The summed E-state index contributed by atoms with van der Waals surface area (Å²) >= 11 is 12.8. The Morgan fingerprint density at radius 1 is 1.08 bits per heavy atom. The van der Waals surface area contributed by atoms with E-state index in [-0.39, 0.29) is 18.4 Å². The first kappa shape index (κ1) is 17.3. The third-order valence-corrected chi connectivity index (χ3v) is 5.25. The summed E-state index contributed by atoms with van der Waals surface area (Å²) in [6.07, 6.45) is 0.947. The van der Waals surface area contributed by atoms with Crippen LogP contribution in [0.25, 0.3) is 0 Å². The normalized spacial score (nSPS) is 21.1. The lowest BCUT2D eigenvalue weighted by Gasteiger charge is -2.29. The SMILES string of the molecule is O=C(O)CC1CCN(Cc2ccccc2)C1c1c(Cl)cccc1Cl. The van der Waals surface area contributed by atoms with E-state index in [1.54, 1.807) is 0 Å². The lowest BCUT2D eigenvalue weighted by molar-refractivity contribution is -0.138. The molecule has 2 aromatic carbocycles. The molecule has 0 saturated carbocycles. The fourth-order valence-corrected chi connectivity index (χ4v) is 4.19. The second kappa shape index (κ2) is 7.56. The van der Waals surface area contributed by atoms with Gasteiger partial charge in [-0.25, -0.2) is 0 Å². The molecule has 24 heavy (non-hydrogen) atoms. The molecule has 1 fully saturated rings. The monoisotopic (exact) mass is 363 g/mol. The molecular weight excluding hydrogens is 345 g/mol. The summed E-state index contributed by atoms with van der Waals surface area (Å²) in [5.74, 6) is -0.779. The Morgan fingerprint density at radius 3 is 2.38 bits per heavy atom. The maximum atomic E-state index is 11.3. The van der Waals surface area contributed by atoms with Crippen LogP contribution in [-0.2, 0) is 11.3 Å². The van der Waals surface area contributed by atoms with Gasteiger partial charge in [0.25, 0.3) is 0 Å². The first-order valence-corrected chi connectivity index (χ1v) is 8.75. The van der Waals surface area contributed by atoms with Crippen molar-refractivity contribution in [1.29, 1.82) is 0 Å². The number of likely N-dealkylation sites (tertiary alicyclic amines) is 1. The highest BCUT2D eigenvalue weighted by atomic mass is 35.5. The second-order valence-electron chi connectivity index (χ2n) is 6.18. The Morgan fingerprint density at radius 2 is 1.75 bits per heavy atom. The maximum absolute atomic E-state index is 11.3. The van der Waals surface area contributed by atoms with E-state index in [1.807, 2.05) is 36.4 Å². The van der Waals surface area contributed by atoms with Gasteiger partial charge in [0.1, 0.15) is 0 Å². The van der Waals surface area contributed by atoms with Gasteiger partial charge in [-0.3, -0.25) is 9.69 Å². The van der Waals surface area contributed by atoms with Gasteiger partial charge in [0.2, 0.25) is 0 Å². The van der Waals surface area contributed by atoms with E-state index in [0.717, 1.165) is 25.1 Å². The highest BCUT2D eigenvalue weighted by molar-refractivity contribution is 6.36. The molecule has 2 unspecified atom stereocenters. The van der Waals surface area contributed by atoms with Crippen molar-refractivity contribution in [3.8, 4) is 0 Å². The van der Waals surface area contributed by atoms with Crippen LogP contribution in [0.4, 0.5) is 0 Å². The molecule has 1 aliphatic rings. The third kappa shape index (κ3) is 3.75. The van der Waals surface area contributed by atoms with Crippen molar-refractivity contribution in [3.63, 3.8) is 0 Å². The van der Waals surface area contributed by atoms with E-state index in [9.17, 15) is 9.90 Å². The summed E-state index contributed by atoms with van der Waals surface area (Å²) in [4.78, 5) is 13.6. The minimum Gasteiger partial charge on any atom is -0.481 e. The lowest BCUT2D eigenvalue weighted by atomic mass is 9.90. The predicted molar refractivity (Wildman–Crippen MR) is 96.4 cm³/mol. The van der Waals surface area contributed by atoms with Crippen LogP contribution >= 0.6 is 23.2 Å². The van der Waals surface area contributed by atoms with Gasteiger partial charge in [-0.1, -0.05) is 59.6 Å². The molecule has 0 aliphatic carbocycles. The van der Waals surface area contributed by atoms with Gasteiger partial charge in [-0.15, -0.1) is 0 Å². The summed E-state index contributed by atoms with van der Waals surface area (Å²) in [6.45, 7) is 1.59. The topological polar surface area (TPSA) is 40.5 Å². The largest absolute Gasteiger partial charge is 0.481 e. The summed E-state index contributed by atoms with van der Waals surface area (Å²) in [5.41, 5.74) is 2.04. The zero-order chi connectivity index (χ0) is 17.1. The van der Waals surface area contributed by atoms with Crippen molar-refractivity contribution >= 4 is 29.2 Å². The Bertz CT molecular complexity index is 700. The number of carbonyl (C=O) groups is 1. The Hall–Kier alpha value is -1.55. The molecule has 3 nitrogen and oxygen atoms in total. The van der Waals surface area contributed by atoms with Crippen molar-refractivity contribution in [3.05, 3.63) is 69.7 Å². The van der Waals surface area contributed by atoms with E-state index in [0.29, 0.717) is 10.0 Å². The molecule has 1 heterocycles. The van der Waals surface area contributed by atoms with E-state index in [1.165, 1.54) is 5.56 Å². The summed E-state index contributed by atoms with van der Waals surface area (Å²) < 4.78 is 0. The van der Waals surface area contributed by atoms with Gasteiger partial charge in [0.15, 0.2) is 0 Å². The Labute approximate surface area is 151 Å². The number of benzene rings is 2. The van der Waals surface area contributed by atoms with Crippen molar-refractivity contribution < 1.29 is 9.90 Å². The molecule has 0 amide bonds. The van der Waals surface area contributed by atoms with E-state index in [2.05, 4.69) is 17.0 Å². The van der Waals surface area contributed by atoms with Gasteiger partial charge in [0, 0.05) is 28.2 Å².